The maximum absolute atomic E-state index is 10.9. The van der Waals surface area contributed by atoms with Crippen molar-refractivity contribution in [1.29, 1.82) is 0 Å². The molecule has 1 amide bonds. The molecule has 0 aromatic carbocycles. The Morgan fingerprint density at radius 2 is 1.73 bits per heavy atom. The molecule has 0 fully saturated rings. The van der Waals surface area contributed by atoms with E-state index < -0.39 is 0 Å². The Morgan fingerprint density at radius 1 is 1.20 bits per heavy atom. The molecule has 0 aliphatic heterocycles. The first-order valence-corrected chi connectivity index (χ1v) is 6.58. The van der Waals surface area contributed by atoms with Crippen LogP contribution in [0.5, 0.6) is 0 Å². The summed E-state index contributed by atoms with van der Waals surface area (Å²) in [7, 11) is 0. The van der Waals surface area contributed by atoms with E-state index in [0.29, 0.717) is 0 Å². The highest BCUT2D eigenvalue weighted by Gasteiger charge is 2.17. The van der Waals surface area contributed by atoms with Crippen LogP contribution in [0.1, 0.15) is 58.8 Å². The Morgan fingerprint density at radius 3 is 2.27 bits per heavy atom. The second-order valence-electron chi connectivity index (χ2n) is 4.31. The summed E-state index contributed by atoms with van der Waals surface area (Å²) in [6.07, 6.45) is 8.67. The fourth-order valence-electron chi connectivity index (χ4n) is 1.57. The second-order valence-corrected chi connectivity index (χ2v) is 4.98. The van der Waals surface area contributed by atoms with Gasteiger partial charge in [-0.15, -0.1) is 0 Å². The molecule has 2 nitrogen and oxygen atoms in total. The molecule has 90 valence electrons. The predicted molar refractivity (Wildman–Crippen MR) is 69.1 cm³/mol. The molecule has 0 heterocycles. The molecule has 2 atom stereocenters. The zero-order chi connectivity index (χ0) is 11.7. The van der Waals surface area contributed by atoms with E-state index in [9.17, 15) is 4.79 Å². The molecule has 0 aliphatic rings. The molecule has 0 aromatic heterocycles. The highest BCUT2D eigenvalue weighted by Crippen LogP contribution is 2.17. The summed E-state index contributed by atoms with van der Waals surface area (Å²) in [5, 5.41) is 0.133. The maximum Gasteiger partial charge on any atom is 0.221 e. The standard InChI is InChI=1S/C12H25NOS/c1-3-4-5-6-7-8-9-11(15)10(2)12(13)14/h10-11,15H,3-9H2,1-2H3,(H2,13,14). The first kappa shape index (κ1) is 14.8. The van der Waals surface area contributed by atoms with Crippen LogP contribution in [0.3, 0.4) is 0 Å². The fraction of sp³-hybridized carbons (Fsp3) is 0.917. The summed E-state index contributed by atoms with van der Waals surface area (Å²) in [6, 6.07) is 0. The van der Waals surface area contributed by atoms with Gasteiger partial charge in [0.25, 0.3) is 0 Å². The molecule has 0 aliphatic carbocycles. The molecule has 15 heavy (non-hydrogen) atoms. The molecular formula is C12H25NOS. The molecule has 3 heteroatoms. The third kappa shape index (κ3) is 7.71. The minimum absolute atomic E-state index is 0.107. The average Bonchev–Trinajstić information content (AvgIpc) is 2.21. The Labute approximate surface area is 99.4 Å². The van der Waals surface area contributed by atoms with Crippen LogP contribution >= 0.6 is 12.6 Å². The van der Waals surface area contributed by atoms with Gasteiger partial charge in [-0.25, -0.2) is 0 Å². The molecule has 0 aromatic rings. The van der Waals surface area contributed by atoms with Crippen molar-refractivity contribution in [1.82, 2.24) is 0 Å². The van der Waals surface area contributed by atoms with Gasteiger partial charge in [0.2, 0.25) is 5.91 Å². The molecule has 0 radical (unpaired) electrons. The van der Waals surface area contributed by atoms with Crippen LogP contribution in [0.15, 0.2) is 0 Å². The van der Waals surface area contributed by atoms with Crippen molar-refractivity contribution in [2.24, 2.45) is 11.7 Å². The van der Waals surface area contributed by atoms with Crippen molar-refractivity contribution in [3.63, 3.8) is 0 Å². The van der Waals surface area contributed by atoms with Crippen molar-refractivity contribution in [2.75, 3.05) is 0 Å². The molecule has 0 spiro atoms. The smallest absolute Gasteiger partial charge is 0.221 e. The lowest BCUT2D eigenvalue weighted by Crippen LogP contribution is -2.28. The van der Waals surface area contributed by atoms with Crippen LogP contribution in [0.25, 0.3) is 0 Å². The molecule has 0 saturated heterocycles. The van der Waals surface area contributed by atoms with E-state index in [1.807, 2.05) is 6.92 Å². The van der Waals surface area contributed by atoms with Gasteiger partial charge in [0.05, 0.1) is 0 Å². The van der Waals surface area contributed by atoms with E-state index in [1.165, 1.54) is 32.1 Å². The normalized spacial score (nSPS) is 14.9. The number of amides is 1. The molecular weight excluding hydrogens is 206 g/mol. The van der Waals surface area contributed by atoms with Crippen LogP contribution in [0, 0.1) is 5.92 Å². The minimum atomic E-state index is -0.235. The van der Waals surface area contributed by atoms with Crippen LogP contribution in [-0.4, -0.2) is 11.2 Å². The number of unbranched alkanes of at least 4 members (excludes halogenated alkanes) is 5. The number of thiol groups is 1. The summed E-state index contributed by atoms with van der Waals surface area (Å²) in [5.74, 6) is -0.343. The molecule has 0 rings (SSSR count). The first-order chi connectivity index (χ1) is 7.09. The number of nitrogens with two attached hydrogens (primary N) is 1. The monoisotopic (exact) mass is 231 g/mol. The Bertz CT molecular complexity index is 173. The lowest BCUT2D eigenvalue weighted by molar-refractivity contribution is -0.121. The summed E-state index contributed by atoms with van der Waals surface area (Å²) < 4.78 is 0. The zero-order valence-electron chi connectivity index (χ0n) is 10.0. The van der Waals surface area contributed by atoms with Crippen molar-refractivity contribution in [2.45, 2.75) is 64.0 Å². The Hall–Kier alpha value is -0.180. The van der Waals surface area contributed by atoms with Crippen LogP contribution < -0.4 is 5.73 Å². The van der Waals surface area contributed by atoms with Crippen molar-refractivity contribution < 1.29 is 4.79 Å². The van der Waals surface area contributed by atoms with Gasteiger partial charge in [-0.1, -0.05) is 52.4 Å². The molecule has 2 N–H and O–H groups in total. The summed E-state index contributed by atoms with van der Waals surface area (Å²) >= 11 is 4.41. The molecule has 0 saturated carbocycles. The van der Waals surface area contributed by atoms with Gasteiger partial charge in [-0.05, 0) is 6.42 Å². The Balaban J connectivity index is 3.38. The van der Waals surface area contributed by atoms with Crippen LogP contribution in [-0.2, 0) is 4.79 Å². The topological polar surface area (TPSA) is 43.1 Å². The lowest BCUT2D eigenvalue weighted by Gasteiger charge is -2.15. The van der Waals surface area contributed by atoms with Crippen molar-refractivity contribution in [3.05, 3.63) is 0 Å². The quantitative estimate of drug-likeness (QED) is 0.464. The number of carbonyl (C=O) groups is 1. The van der Waals surface area contributed by atoms with E-state index in [1.54, 1.807) is 0 Å². The number of hydrogen-bond acceptors (Lipinski definition) is 2. The van der Waals surface area contributed by atoms with Gasteiger partial charge in [0.1, 0.15) is 0 Å². The number of rotatable bonds is 9. The van der Waals surface area contributed by atoms with Crippen molar-refractivity contribution >= 4 is 18.5 Å². The van der Waals surface area contributed by atoms with E-state index >= 15 is 0 Å². The number of carbonyl (C=O) groups excluding carboxylic acids is 1. The van der Waals surface area contributed by atoms with Crippen LogP contribution in [0.4, 0.5) is 0 Å². The summed E-state index contributed by atoms with van der Waals surface area (Å²) in [4.78, 5) is 10.9. The SMILES string of the molecule is CCCCCCCCC(S)C(C)C(N)=O. The third-order valence-electron chi connectivity index (χ3n) is 2.88. The van der Waals surface area contributed by atoms with E-state index in [-0.39, 0.29) is 17.1 Å². The van der Waals surface area contributed by atoms with Gasteiger partial charge in [0.15, 0.2) is 0 Å². The molecule has 2 unspecified atom stereocenters. The van der Waals surface area contributed by atoms with E-state index in [0.717, 1.165) is 12.8 Å². The van der Waals surface area contributed by atoms with Gasteiger partial charge < -0.3 is 5.73 Å². The summed E-state index contributed by atoms with van der Waals surface area (Å²) in [5.41, 5.74) is 5.22. The van der Waals surface area contributed by atoms with Gasteiger partial charge in [0, 0.05) is 11.2 Å². The van der Waals surface area contributed by atoms with Crippen molar-refractivity contribution in [3.8, 4) is 0 Å². The number of hydrogen-bond donors (Lipinski definition) is 2. The first-order valence-electron chi connectivity index (χ1n) is 6.07. The molecule has 0 bridgehead atoms. The third-order valence-corrected chi connectivity index (χ3v) is 3.58. The Kier molecular flexibility index (Phi) is 8.97. The van der Waals surface area contributed by atoms with Crippen LogP contribution in [0.2, 0.25) is 0 Å². The lowest BCUT2D eigenvalue weighted by atomic mass is 10.0. The second kappa shape index (κ2) is 9.08. The van der Waals surface area contributed by atoms with Gasteiger partial charge in [-0.3, -0.25) is 4.79 Å². The summed E-state index contributed by atoms with van der Waals surface area (Å²) in [6.45, 7) is 4.08. The van der Waals surface area contributed by atoms with Gasteiger partial charge >= 0.3 is 0 Å². The number of primary amides is 1. The average molecular weight is 231 g/mol. The van der Waals surface area contributed by atoms with Gasteiger partial charge in [-0.2, -0.15) is 12.6 Å². The fourth-order valence-corrected chi connectivity index (χ4v) is 1.90. The van der Waals surface area contributed by atoms with E-state index in [2.05, 4.69) is 19.6 Å². The largest absolute Gasteiger partial charge is 0.369 e. The van der Waals surface area contributed by atoms with E-state index in [4.69, 9.17) is 5.73 Å². The zero-order valence-corrected chi connectivity index (χ0v) is 10.9. The minimum Gasteiger partial charge on any atom is -0.369 e. The highest BCUT2D eigenvalue weighted by molar-refractivity contribution is 7.81. The maximum atomic E-state index is 10.9. The predicted octanol–water partition coefficient (Wildman–Crippen LogP) is 3.16. The highest BCUT2D eigenvalue weighted by atomic mass is 32.1.